The SMILES string of the molecule is C/C=C(\C)[C@@H](OC(C)=O)[C@@H](C)C1=C(O)C(=O)C2=C(O[C@]3(C)CC[C@H]4O[C@@H](C(C)(C)O)CC[C@]4(C)[C@H]3C2)C1=O. The van der Waals surface area contributed by atoms with Crippen LogP contribution in [0, 0.1) is 17.3 Å². The maximum absolute atomic E-state index is 13.8. The molecule has 0 unspecified atom stereocenters. The molecule has 2 aliphatic heterocycles. The van der Waals surface area contributed by atoms with Gasteiger partial charge in [-0.1, -0.05) is 19.9 Å². The van der Waals surface area contributed by atoms with Crippen molar-refractivity contribution in [2.45, 2.75) is 117 Å². The van der Waals surface area contributed by atoms with Gasteiger partial charge in [0.25, 0.3) is 0 Å². The van der Waals surface area contributed by atoms with Gasteiger partial charge < -0.3 is 24.4 Å². The van der Waals surface area contributed by atoms with E-state index in [-0.39, 0.29) is 40.4 Å². The monoisotopic (exact) mass is 530 g/mol. The fourth-order valence-corrected chi connectivity index (χ4v) is 7.17. The van der Waals surface area contributed by atoms with Gasteiger partial charge >= 0.3 is 5.97 Å². The summed E-state index contributed by atoms with van der Waals surface area (Å²) in [6.07, 6.45) is 3.68. The molecular weight excluding hydrogens is 488 g/mol. The van der Waals surface area contributed by atoms with Crippen molar-refractivity contribution in [1.29, 1.82) is 0 Å². The molecule has 8 heteroatoms. The van der Waals surface area contributed by atoms with Crippen LogP contribution in [0.4, 0.5) is 0 Å². The maximum Gasteiger partial charge on any atom is 0.303 e. The van der Waals surface area contributed by atoms with Crippen LogP contribution < -0.4 is 0 Å². The lowest BCUT2D eigenvalue weighted by atomic mass is 9.53. The van der Waals surface area contributed by atoms with Crippen molar-refractivity contribution in [1.82, 2.24) is 0 Å². The number of ketones is 2. The van der Waals surface area contributed by atoms with E-state index in [1.807, 2.05) is 6.92 Å². The van der Waals surface area contributed by atoms with Crippen molar-refractivity contribution < 1.29 is 38.8 Å². The molecule has 0 aromatic rings. The molecule has 0 spiro atoms. The highest BCUT2D eigenvalue weighted by atomic mass is 16.5. The van der Waals surface area contributed by atoms with E-state index >= 15 is 0 Å². The topological polar surface area (TPSA) is 119 Å². The molecule has 0 aromatic heterocycles. The number of esters is 1. The summed E-state index contributed by atoms with van der Waals surface area (Å²) in [6.45, 7) is 14.2. The predicted molar refractivity (Wildman–Crippen MR) is 140 cm³/mol. The minimum absolute atomic E-state index is 0.00116. The highest BCUT2D eigenvalue weighted by molar-refractivity contribution is 6.23. The summed E-state index contributed by atoms with van der Waals surface area (Å²) in [6, 6.07) is 0. The van der Waals surface area contributed by atoms with Crippen molar-refractivity contribution in [2.75, 3.05) is 0 Å². The Morgan fingerprint density at radius 3 is 2.39 bits per heavy atom. The second-order valence-electron chi connectivity index (χ2n) is 12.6. The van der Waals surface area contributed by atoms with Gasteiger partial charge in [-0.15, -0.1) is 0 Å². The number of allylic oxidation sites excluding steroid dienone is 3. The second kappa shape index (κ2) is 9.63. The molecule has 4 aliphatic rings. The number of Topliss-reactive ketones (excluding diaryl/α,β-unsaturated/α-hetero) is 2. The smallest absolute Gasteiger partial charge is 0.303 e. The van der Waals surface area contributed by atoms with Crippen molar-refractivity contribution in [3.8, 4) is 0 Å². The van der Waals surface area contributed by atoms with Crippen molar-refractivity contribution in [2.24, 2.45) is 17.3 Å². The molecule has 38 heavy (non-hydrogen) atoms. The Balaban J connectivity index is 1.68. The number of hydrogen-bond donors (Lipinski definition) is 2. The van der Waals surface area contributed by atoms with Crippen molar-refractivity contribution in [3.05, 3.63) is 34.3 Å². The summed E-state index contributed by atoms with van der Waals surface area (Å²) in [7, 11) is 0. The van der Waals surface area contributed by atoms with E-state index in [0.717, 1.165) is 6.42 Å². The van der Waals surface area contributed by atoms with Gasteiger partial charge in [-0.3, -0.25) is 14.4 Å². The number of carbonyl (C=O) groups excluding carboxylic acids is 3. The van der Waals surface area contributed by atoms with Gasteiger partial charge in [0.1, 0.15) is 11.7 Å². The zero-order valence-electron chi connectivity index (χ0n) is 23.8. The van der Waals surface area contributed by atoms with Crippen LogP contribution >= 0.6 is 0 Å². The molecule has 8 nitrogen and oxygen atoms in total. The Morgan fingerprint density at radius 1 is 1.16 bits per heavy atom. The first-order chi connectivity index (χ1) is 17.5. The van der Waals surface area contributed by atoms with Gasteiger partial charge in [-0.05, 0) is 72.3 Å². The van der Waals surface area contributed by atoms with Crippen LogP contribution in [0.25, 0.3) is 0 Å². The Hall–Kier alpha value is -2.45. The molecule has 2 heterocycles. The van der Waals surface area contributed by atoms with E-state index in [0.29, 0.717) is 31.3 Å². The molecule has 4 rings (SSSR count). The molecule has 2 aliphatic carbocycles. The number of hydrogen-bond acceptors (Lipinski definition) is 8. The van der Waals surface area contributed by atoms with E-state index in [4.69, 9.17) is 14.2 Å². The largest absolute Gasteiger partial charge is 0.504 e. The standard InChI is InChI=1S/C30H42O8/c1-9-15(2)26(36-17(4)31)16(3)22-24(33)23(32)18-14-19-29(7)12-10-20(28(5,6)35)37-21(29)11-13-30(19,8)38-27(18)25(22)34/h9,16,19-21,26,33,35H,10-14H2,1-8H3/b15-9+/t16-,19+,20+,21+,26+,29+,30+/m0/s1. The quantitative estimate of drug-likeness (QED) is 0.299. The molecule has 0 bridgehead atoms. The zero-order chi connectivity index (χ0) is 28.4. The Morgan fingerprint density at radius 2 is 1.82 bits per heavy atom. The van der Waals surface area contributed by atoms with E-state index in [9.17, 15) is 24.6 Å². The highest BCUT2D eigenvalue weighted by Crippen LogP contribution is 2.60. The predicted octanol–water partition coefficient (Wildman–Crippen LogP) is 4.65. The van der Waals surface area contributed by atoms with Gasteiger partial charge in [-0.2, -0.15) is 0 Å². The van der Waals surface area contributed by atoms with E-state index < -0.39 is 46.5 Å². The van der Waals surface area contributed by atoms with Crippen LogP contribution in [0.2, 0.25) is 0 Å². The summed E-state index contributed by atoms with van der Waals surface area (Å²) in [5.74, 6) is -3.13. The van der Waals surface area contributed by atoms with Crippen LogP contribution in [-0.4, -0.2) is 57.3 Å². The molecule has 0 radical (unpaired) electrons. The summed E-state index contributed by atoms with van der Waals surface area (Å²) in [4.78, 5) is 39.2. The number of aliphatic hydroxyl groups is 2. The Labute approximate surface area is 225 Å². The first kappa shape index (κ1) is 28.6. The average Bonchev–Trinajstić information content (AvgIpc) is 2.83. The van der Waals surface area contributed by atoms with Crippen molar-refractivity contribution in [3.63, 3.8) is 0 Å². The van der Waals surface area contributed by atoms with Gasteiger partial charge in [0.2, 0.25) is 11.6 Å². The van der Waals surface area contributed by atoms with Gasteiger partial charge in [0, 0.05) is 29.7 Å². The first-order valence-corrected chi connectivity index (χ1v) is 13.7. The maximum atomic E-state index is 13.8. The fourth-order valence-electron chi connectivity index (χ4n) is 7.17. The lowest BCUT2D eigenvalue weighted by Gasteiger charge is -2.60. The van der Waals surface area contributed by atoms with Gasteiger partial charge in [0.05, 0.1) is 23.4 Å². The minimum atomic E-state index is -0.953. The van der Waals surface area contributed by atoms with E-state index in [1.165, 1.54) is 6.92 Å². The lowest BCUT2D eigenvalue weighted by molar-refractivity contribution is -0.245. The molecule has 0 amide bonds. The first-order valence-electron chi connectivity index (χ1n) is 13.7. The summed E-state index contributed by atoms with van der Waals surface area (Å²) in [5, 5.41) is 21.6. The molecule has 2 N–H and O–H groups in total. The molecule has 1 saturated carbocycles. The molecular formula is C30H42O8. The lowest BCUT2D eigenvalue weighted by Crippen LogP contribution is -2.62. The highest BCUT2D eigenvalue weighted by Gasteiger charge is 2.61. The van der Waals surface area contributed by atoms with E-state index in [2.05, 4.69) is 6.92 Å². The van der Waals surface area contributed by atoms with Crippen LogP contribution in [0.15, 0.2) is 34.3 Å². The number of rotatable bonds is 5. The normalized spacial score (nSPS) is 35.6. The van der Waals surface area contributed by atoms with Gasteiger partial charge in [0.15, 0.2) is 11.5 Å². The Bertz CT molecular complexity index is 1140. The van der Waals surface area contributed by atoms with Crippen LogP contribution in [0.5, 0.6) is 0 Å². The third-order valence-corrected chi connectivity index (χ3v) is 9.55. The van der Waals surface area contributed by atoms with Crippen LogP contribution in [0.3, 0.4) is 0 Å². The number of aliphatic hydroxyl groups excluding tert-OH is 1. The third kappa shape index (κ3) is 4.53. The molecule has 0 aromatic carbocycles. The second-order valence-corrected chi connectivity index (χ2v) is 12.6. The average molecular weight is 531 g/mol. The van der Waals surface area contributed by atoms with Crippen molar-refractivity contribution >= 4 is 17.5 Å². The summed E-state index contributed by atoms with van der Waals surface area (Å²) < 4.78 is 18.4. The zero-order valence-corrected chi connectivity index (χ0v) is 23.8. The molecule has 1 saturated heterocycles. The summed E-state index contributed by atoms with van der Waals surface area (Å²) in [5.41, 5.74) is -1.15. The minimum Gasteiger partial charge on any atom is -0.504 e. The molecule has 7 atom stereocenters. The van der Waals surface area contributed by atoms with E-state index in [1.54, 1.807) is 40.7 Å². The molecule has 210 valence electrons. The van der Waals surface area contributed by atoms with Gasteiger partial charge in [-0.25, -0.2) is 0 Å². The van der Waals surface area contributed by atoms with Crippen LogP contribution in [-0.2, 0) is 28.6 Å². The number of carbonyl (C=O) groups is 3. The third-order valence-electron chi connectivity index (χ3n) is 9.55. The molecule has 2 fully saturated rings. The number of ether oxygens (including phenoxy) is 3. The summed E-state index contributed by atoms with van der Waals surface area (Å²) >= 11 is 0. The Kier molecular flexibility index (Phi) is 7.24. The number of fused-ring (bicyclic) bond motifs is 3. The fraction of sp³-hybridized carbons (Fsp3) is 0.700. The van der Waals surface area contributed by atoms with Crippen LogP contribution in [0.1, 0.15) is 87.5 Å².